The predicted molar refractivity (Wildman–Crippen MR) is 95.3 cm³/mol. The number of anilines is 1. The van der Waals surface area contributed by atoms with Crippen LogP contribution in [-0.4, -0.2) is 20.2 Å². The van der Waals surface area contributed by atoms with Crippen molar-refractivity contribution in [2.45, 2.75) is 6.04 Å². The van der Waals surface area contributed by atoms with Gasteiger partial charge in [0.25, 0.3) is 0 Å². The van der Waals surface area contributed by atoms with Crippen molar-refractivity contribution in [3.8, 4) is 5.75 Å². The molecule has 3 rings (SSSR count). The lowest BCUT2D eigenvalue weighted by Crippen LogP contribution is -2.22. The highest BCUT2D eigenvalue weighted by Crippen LogP contribution is 2.28. The van der Waals surface area contributed by atoms with E-state index < -0.39 is 6.04 Å². The number of methoxy groups -OCH3 is 2. The summed E-state index contributed by atoms with van der Waals surface area (Å²) in [7, 11) is 3.02. The summed E-state index contributed by atoms with van der Waals surface area (Å²) in [5, 5.41) is 5.37. The Morgan fingerprint density at radius 3 is 2.33 bits per heavy atom. The van der Waals surface area contributed by atoms with Crippen LogP contribution in [0.2, 0.25) is 0 Å². The first-order valence-electron chi connectivity index (χ1n) is 7.69. The summed E-state index contributed by atoms with van der Waals surface area (Å²) in [6, 6.07) is 20.8. The van der Waals surface area contributed by atoms with Crippen molar-refractivity contribution in [1.29, 1.82) is 0 Å². The number of carbonyl (C=O) groups is 1. The summed E-state index contributed by atoms with van der Waals surface area (Å²) in [4.78, 5) is 12.4. The number of hydrogen-bond acceptors (Lipinski definition) is 4. The number of hydrogen-bond donors (Lipinski definition) is 1. The lowest BCUT2D eigenvalue weighted by atomic mass is 9.98. The van der Waals surface area contributed by atoms with Gasteiger partial charge < -0.3 is 14.8 Å². The van der Waals surface area contributed by atoms with Gasteiger partial charge in [-0.15, -0.1) is 0 Å². The van der Waals surface area contributed by atoms with Crippen LogP contribution in [0.15, 0.2) is 66.7 Å². The molecule has 0 saturated heterocycles. The summed E-state index contributed by atoms with van der Waals surface area (Å²) in [5.74, 6) is 0.433. The molecular formula is C20H19NO3. The molecule has 0 spiro atoms. The number of nitrogens with one attached hydrogen (secondary N) is 1. The zero-order chi connectivity index (χ0) is 16.9. The fourth-order valence-corrected chi connectivity index (χ4v) is 2.74. The molecule has 0 fully saturated rings. The highest BCUT2D eigenvalue weighted by Gasteiger charge is 2.23. The third kappa shape index (κ3) is 3.18. The molecule has 4 heteroatoms. The Morgan fingerprint density at radius 1 is 0.917 bits per heavy atom. The molecule has 1 atom stereocenters. The third-order valence-corrected chi connectivity index (χ3v) is 3.97. The predicted octanol–water partition coefficient (Wildman–Crippen LogP) is 4.17. The average Bonchev–Trinajstić information content (AvgIpc) is 2.65. The van der Waals surface area contributed by atoms with E-state index in [4.69, 9.17) is 9.47 Å². The zero-order valence-electron chi connectivity index (χ0n) is 13.7. The van der Waals surface area contributed by atoms with Crippen LogP contribution >= 0.6 is 0 Å². The van der Waals surface area contributed by atoms with Crippen molar-refractivity contribution in [1.82, 2.24) is 0 Å². The number of rotatable bonds is 5. The number of carbonyl (C=O) groups excluding carboxylic acids is 1. The van der Waals surface area contributed by atoms with Gasteiger partial charge in [-0.2, -0.15) is 0 Å². The molecule has 3 aromatic rings. The molecule has 0 radical (unpaired) electrons. The van der Waals surface area contributed by atoms with E-state index >= 15 is 0 Å². The number of fused-ring (bicyclic) bond motifs is 1. The normalized spacial score (nSPS) is 11.8. The SMILES string of the molecule is COC(=O)C(Nc1ccc(OC)cc1)c1cccc2ccccc12. The Morgan fingerprint density at radius 2 is 1.62 bits per heavy atom. The minimum Gasteiger partial charge on any atom is -0.497 e. The van der Waals surface area contributed by atoms with Gasteiger partial charge in [0, 0.05) is 5.69 Å². The van der Waals surface area contributed by atoms with Gasteiger partial charge in [0.15, 0.2) is 6.04 Å². The summed E-state index contributed by atoms with van der Waals surface area (Å²) >= 11 is 0. The van der Waals surface area contributed by atoms with E-state index in [1.54, 1.807) is 7.11 Å². The topological polar surface area (TPSA) is 47.6 Å². The Balaban J connectivity index is 2.00. The molecule has 122 valence electrons. The van der Waals surface area contributed by atoms with Gasteiger partial charge in [-0.3, -0.25) is 0 Å². The van der Waals surface area contributed by atoms with Crippen LogP contribution < -0.4 is 10.1 Å². The monoisotopic (exact) mass is 321 g/mol. The molecule has 0 saturated carbocycles. The molecule has 0 aliphatic heterocycles. The Bertz CT molecular complexity index is 838. The molecule has 1 unspecified atom stereocenters. The zero-order valence-corrected chi connectivity index (χ0v) is 13.7. The van der Waals surface area contributed by atoms with Crippen molar-refractivity contribution in [2.75, 3.05) is 19.5 Å². The Kier molecular flexibility index (Phi) is 4.66. The Hall–Kier alpha value is -3.01. The van der Waals surface area contributed by atoms with Gasteiger partial charge in [-0.25, -0.2) is 4.79 Å². The van der Waals surface area contributed by atoms with E-state index in [1.165, 1.54) is 7.11 Å². The lowest BCUT2D eigenvalue weighted by Gasteiger charge is -2.20. The second-order valence-electron chi connectivity index (χ2n) is 5.40. The van der Waals surface area contributed by atoms with Gasteiger partial charge >= 0.3 is 5.97 Å². The number of ether oxygens (including phenoxy) is 2. The number of benzene rings is 3. The van der Waals surface area contributed by atoms with Crippen molar-refractivity contribution < 1.29 is 14.3 Å². The molecule has 4 nitrogen and oxygen atoms in total. The highest BCUT2D eigenvalue weighted by atomic mass is 16.5. The van der Waals surface area contributed by atoms with Gasteiger partial charge in [-0.1, -0.05) is 42.5 Å². The van der Waals surface area contributed by atoms with E-state index in [0.717, 1.165) is 27.8 Å². The van der Waals surface area contributed by atoms with Gasteiger partial charge in [0.1, 0.15) is 5.75 Å². The van der Waals surface area contributed by atoms with Gasteiger partial charge in [0.05, 0.1) is 14.2 Å². The second-order valence-corrected chi connectivity index (χ2v) is 5.40. The molecule has 0 amide bonds. The fourth-order valence-electron chi connectivity index (χ4n) is 2.74. The maximum Gasteiger partial charge on any atom is 0.333 e. The van der Waals surface area contributed by atoms with E-state index in [2.05, 4.69) is 5.32 Å². The summed E-state index contributed by atoms with van der Waals surface area (Å²) in [5.41, 5.74) is 1.70. The summed E-state index contributed by atoms with van der Waals surface area (Å²) in [6.45, 7) is 0. The molecule has 0 aromatic heterocycles. The smallest absolute Gasteiger partial charge is 0.333 e. The molecule has 24 heavy (non-hydrogen) atoms. The van der Waals surface area contributed by atoms with E-state index in [-0.39, 0.29) is 5.97 Å². The average molecular weight is 321 g/mol. The molecule has 0 aliphatic carbocycles. The fraction of sp³-hybridized carbons (Fsp3) is 0.150. The summed E-state index contributed by atoms with van der Waals surface area (Å²) in [6.07, 6.45) is 0. The van der Waals surface area contributed by atoms with Crippen molar-refractivity contribution in [3.63, 3.8) is 0 Å². The standard InChI is InChI=1S/C20H19NO3/c1-23-16-12-10-15(11-13-16)21-19(20(22)24-2)18-9-5-7-14-6-3-4-8-17(14)18/h3-13,19,21H,1-2H3. The maximum absolute atomic E-state index is 12.4. The van der Waals surface area contributed by atoms with Crippen LogP contribution in [0.25, 0.3) is 10.8 Å². The van der Waals surface area contributed by atoms with Crippen LogP contribution in [0.3, 0.4) is 0 Å². The van der Waals surface area contributed by atoms with E-state index in [0.29, 0.717) is 0 Å². The maximum atomic E-state index is 12.4. The van der Waals surface area contributed by atoms with E-state index in [9.17, 15) is 4.79 Å². The van der Waals surface area contributed by atoms with Crippen LogP contribution in [0, 0.1) is 0 Å². The first-order valence-corrected chi connectivity index (χ1v) is 7.69. The van der Waals surface area contributed by atoms with Crippen LogP contribution in [0.5, 0.6) is 5.75 Å². The molecule has 0 bridgehead atoms. The molecule has 1 N–H and O–H groups in total. The minimum atomic E-state index is -0.588. The third-order valence-electron chi connectivity index (χ3n) is 3.97. The first kappa shape index (κ1) is 15.9. The molecule has 0 heterocycles. The number of esters is 1. The van der Waals surface area contributed by atoms with Crippen LogP contribution in [0.4, 0.5) is 5.69 Å². The molecule has 0 aliphatic rings. The van der Waals surface area contributed by atoms with Crippen LogP contribution in [-0.2, 0) is 9.53 Å². The molecule has 3 aromatic carbocycles. The van der Waals surface area contributed by atoms with Gasteiger partial charge in [-0.05, 0) is 40.6 Å². The van der Waals surface area contributed by atoms with Crippen molar-refractivity contribution in [2.24, 2.45) is 0 Å². The minimum absolute atomic E-state index is 0.331. The van der Waals surface area contributed by atoms with Crippen molar-refractivity contribution >= 4 is 22.4 Å². The lowest BCUT2D eigenvalue weighted by molar-refractivity contribution is -0.141. The Labute approximate surface area is 141 Å². The summed E-state index contributed by atoms with van der Waals surface area (Å²) < 4.78 is 10.2. The van der Waals surface area contributed by atoms with E-state index in [1.807, 2.05) is 66.7 Å². The van der Waals surface area contributed by atoms with Gasteiger partial charge in [0.2, 0.25) is 0 Å². The second kappa shape index (κ2) is 7.04. The quantitative estimate of drug-likeness (QED) is 0.716. The first-order chi connectivity index (χ1) is 11.7. The molecular weight excluding hydrogens is 302 g/mol. The largest absolute Gasteiger partial charge is 0.497 e. The van der Waals surface area contributed by atoms with Crippen LogP contribution in [0.1, 0.15) is 11.6 Å². The highest BCUT2D eigenvalue weighted by molar-refractivity contribution is 5.92. The van der Waals surface area contributed by atoms with Crippen molar-refractivity contribution in [3.05, 3.63) is 72.3 Å².